The molecule has 0 saturated heterocycles. The highest BCUT2D eigenvalue weighted by molar-refractivity contribution is 5.76. The van der Waals surface area contributed by atoms with Gasteiger partial charge in [-0.05, 0) is 18.9 Å². The average molecular weight is 275 g/mol. The number of para-hydroxylation sites is 1. The number of aliphatic carboxylic acids is 1. The molecule has 0 radical (unpaired) electrons. The summed E-state index contributed by atoms with van der Waals surface area (Å²) in [4.78, 5) is 13.6. The van der Waals surface area contributed by atoms with E-state index in [1.165, 1.54) is 0 Å². The molecule has 1 aromatic rings. The third-order valence-electron chi connectivity index (χ3n) is 3.43. The molecule has 0 amide bonds. The quantitative estimate of drug-likeness (QED) is 0.839. The van der Waals surface area contributed by atoms with Crippen molar-refractivity contribution in [1.29, 1.82) is 0 Å². The van der Waals surface area contributed by atoms with Crippen LogP contribution in [0.5, 0.6) is 5.75 Å². The van der Waals surface area contributed by atoms with E-state index in [2.05, 4.69) is 19.1 Å². The fraction of sp³-hybridized carbons (Fsp3) is 0.438. The van der Waals surface area contributed by atoms with Crippen molar-refractivity contribution in [3.05, 3.63) is 42.0 Å². The lowest BCUT2D eigenvalue weighted by molar-refractivity contribution is -0.143. The van der Waals surface area contributed by atoms with Crippen LogP contribution in [0.2, 0.25) is 0 Å². The summed E-state index contributed by atoms with van der Waals surface area (Å²) in [5, 5.41) is 9.57. The Bertz CT molecular complexity index is 484. The molecule has 20 heavy (non-hydrogen) atoms. The molecule has 0 fully saturated rings. The molecule has 1 atom stereocenters. The van der Waals surface area contributed by atoms with Gasteiger partial charge in [-0.2, -0.15) is 0 Å². The van der Waals surface area contributed by atoms with Gasteiger partial charge in [0.2, 0.25) is 0 Å². The van der Waals surface area contributed by atoms with Crippen LogP contribution in [0.25, 0.3) is 0 Å². The summed E-state index contributed by atoms with van der Waals surface area (Å²) in [6, 6.07) is 6.79. The first-order valence-electron chi connectivity index (χ1n) is 7.07. The summed E-state index contributed by atoms with van der Waals surface area (Å²) in [5.74, 6) is -0.131. The highest BCUT2D eigenvalue weighted by atomic mass is 16.5. The SMILES string of the molecule is CCC=CCCN1CCOc2ccccc2C1C(=O)O. The zero-order chi connectivity index (χ0) is 14.4. The van der Waals surface area contributed by atoms with Crippen molar-refractivity contribution in [2.24, 2.45) is 0 Å². The Morgan fingerprint density at radius 2 is 2.25 bits per heavy atom. The Labute approximate surface area is 119 Å². The number of allylic oxidation sites excluding steroid dienone is 1. The smallest absolute Gasteiger partial charge is 0.325 e. The second-order valence-corrected chi connectivity index (χ2v) is 4.83. The lowest BCUT2D eigenvalue weighted by Gasteiger charge is -2.26. The summed E-state index contributed by atoms with van der Waals surface area (Å²) in [5.41, 5.74) is 0.747. The fourth-order valence-corrected chi connectivity index (χ4v) is 2.49. The molecule has 0 aromatic heterocycles. The molecule has 0 saturated carbocycles. The zero-order valence-electron chi connectivity index (χ0n) is 11.8. The maximum Gasteiger partial charge on any atom is 0.325 e. The van der Waals surface area contributed by atoms with Crippen molar-refractivity contribution >= 4 is 5.97 Å². The molecular weight excluding hydrogens is 254 g/mol. The Balaban J connectivity index is 2.19. The minimum Gasteiger partial charge on any atom is -0.492 e. The van der Waals surface area contributed by atoms with E-state index in [9.17, 15) is 9.90 Å². The number of carboxylic acid groups (broad SMARTS) is 1. The predicted molar refractivity (Wildman–Crippen MR) is 77.9 cm³/mol. The second kappa shape index (κ2) is 7.10. The standard InChI is InChI=1S/C16H21NO3/c1-2-3-4-7-10-17-11-12-20-14-9-6-5-8-13(14)15(17)16(18)19/h3-6,8-9,15H,2,7,10-12H2,1H3,(H,18,19). The first-order valence-corrected chi connectivity index (χ1v) is 7.07. The van der Waals surface area contributed by atoms with Crippen molar-refractivity contribution in [3.8, 4) is 5.75 Å². The third-order valence-corrected chi connectivity index (χ3v) is 3.43. The molecule has 2 rings (SSSR count). The Morgan fingerprint density at radius 3 is 3.00 bits per heavy atom. The van der Waals surface area contributed by atoms with Crippen molar-refractivity contribution in [3.63, 3.8) is 0 Å². The van der Waals surface area contributed by atoms with Crippen LogP contribution in [-0.4, -0.2) is 35.7 Å². The van der Waals surface area contributed by atoms with Gasteiger partial charge in [0, 0.05) is 18.7 Å². The van der Waals surface area contributed by atoms with Crippen LogP contribution < -0.4 is 4.74 Å². The first-order chi connectivity index (χ1) is 9.74. The Kier molecular flexibility index (Phi) is 5.18. The first kappa shape index (κ1) is 14.6. The molecular formula is C16H21NO3. The van der Waals surface area contributed by atoms with E-state index in [1.807, 2.05) is 29.2 Å². The van der Waals surface area contributed by atoms with Crippen LogP contribution in [0.15, 0.2) is 36.4 Å². The van der Waals surface area contributed by atoms with Crippen molar-refractivity contribution in [1.82, 2.24) is 4.90 Å². The lowest BCUT2D eigenvalue weighted by atomic mass is 10.0. The number of nitrogens with zero attached hydrogens (tertiary/aromatic N) is 1. The van der Waals surface area contributed by atoms with Crippen LogP contribution >= 0.6 is 0 Å². The van der Waals surface area contributed by atoms with E-state index in [0.717, 1.165) is 24.9 Å². The molecule has 4 heteroatoms. The fourth-order valence-electron chi connectivity index (χ4n) is 2.49. The maximum atomic E-state index is 11.7. The van der Waals surface area contributed by atoms with Gasteiger partial charge in [0.05, 0.1) is 0 Å². The van der Waals surface area contributed by atoms with Crippen LogP contribution in [0.4, 0.5) is 0 Å². The van der Waals surface area contributed by atoms with Gasteiger partial charge >= 0.3 is 5.97 Å². The number of rotatable bonds is 5. The van der Waals surface area contributed by atoms with Gasteiger partial charge in [0.1, 0.15) is 18.4 Å². The average Bonchev–Trinajstić information content (AvgIpc) is 2.62. The van der Waals surface area contributed by atoms with Crippen molar-refractivity contribution < 1.29 is 14.6 Å². The summed E-state index contributed by atoms with van der Waals surface area (Å²) in [7, 11) is 0. The van der Waals surface area contributed by atoms with Crippen LogP contribution in [0, 0.1) is 0 Å². The molecule has 1 aliphatic heterocycles. The molecule has 1 aliphatic rings. The third kappa shape index (κ3) is 3.39. The molecule has 0 bridgehead atoms. The molecule has 1 N–H and O–H groups in total. The summed E-state index contributed by atoms with van der Waals surface area (Å²) < 4.78 is 5.66. The van der Waals surface area contributed by atoms with Crippen LogP contribution in [-0.2, 0) is 4.79 Å². The van der Waals surface area contributed by atoms with Gasteiger partial charge < -0.3 is 9.84 Å². The monoisotopic (exact) mass is 275 g/mol. The zero-order valence-corrected chi connectivity index (χ0v) is 11.8. The Hall–Kier alpha value is -1.81. The number of hydrogen-bond donors (Lipinski definition) is 1. The maximum absolute atomic E-state index is 11.7. The normalized spacial score (nSPS) is 19.4. The molecule has 1 aromatic carbocycles. The molecule has 108 valence electrons. The number of benzene rings is 1. The second-order valence-electron chi connectivity index (χ2n) is 4.83. The number of hydrogen-bond acceptors (Lipinski definition) is 3. The largest absolute Gasteiger partial charge is 0.492 e. The van der Waals surface area contributed by atoms with Gasteiger partial charge in [0.25, 0.3) is 0 Å². The van der Waals surface area contributed by atoms with E-state index in [0.29, 0.717) is 18.9 Å². The number of carbonyl (C=O) groups is 1. The van der Waals surface area contributed by atoms with E-state index >= 15 is 0 Å². The van der Waals surface area contributed by atoms with Gasteiger partial charge in [-0.1, -0.05) is 37.3 Å². The lowest BCUT2D eigenvalue weighted by Crippen LogP contribution is -2.35. The predicted octanol–water partition coefficient (Wildman–Crippen LogP) is 2.86. The van der Waals surface area contributed by atoms with Gasteiger partial charge in [-0.25, -0.2) is 0 Å². The molecule has 0 aliphatic carbocycles. The van der Waals surface area contributed by atoms with E-state index in [1.54, 1.807) is 0 Å². The minimum absolute atomic E-state index is 0.526. The number of carboxylic acids is 1. The Morgan fingerprint density at radius 1 is 1.45 bits per heavy atom. The number of ether oxygens (including phenoxy) is 1. The highest BCUT2D eigenvalue weighted by Crippen LogP contribution is 2.32. The molecule has 1 unspecified atom stereocenters. The topological polar surface area (TPSA) is 49.8 Å². The van der Waals surface area contributed by atoms with Gasteiger partial charge in [0.15, 0.2) is 0 Å². The molecule has 4 nitrogen and oxygen atoms in total. The molecule has 1 heterocycles. The summed E-state index contributed by atoms with van der Waals surface area (Å²) >= 11 is 0. The minimum atomic E-state index is -0.817. The van der Waals surface area contributed by atoms with Crippen molar-refractivity contribution in [2.45, 2.75) is 25.8 Å². The summed E-state index contributed by atoms with van der Waals surface area (Å²) in [6.45, 7) is 3.97. The number of fused-ring (bicyclic) bond motifs is 1. The van der Waals surface area contributed by atoms with Gasteiger partial charge in [-0.3, -0.25) is 9.69 Å². The van der Waals surface area contributed by atoms with Gasteiger partial charge in [-0.15, -0.1) is 0 Å². The van der Waals surface area contributed by atoms with E-state index < -0.39 is 12.0 Å². The molecule has 0 spiro atoms. The van der Waals surface area contributed by atoms with Crippen LogP contribution in [0.3, 0.4) is 0 Å². The van der Waals surface area contributed by atoms with Crippen molar-refractivity contribution in [2.75, 3.05) is 19.7 Å². The summed E-state index contributed by atoms with van der Waals surface area (Å²) in [6.07, 6.45) is 6.09. The van der Waals surface area contributed by atoms with E-state index in [-0.39, 0.29) is 0 Å². The van der Waals surface area contributed by atoms with E-state index in [4.69, 9.17) is 4.74 Å². The highest BCUT2D eigenvalue weighted by Gasteiger charge is 2.31. The van der Waals surface area contributed by atoms with Crippen LogP contribution in [0.1, 0.15) is 31.4 Å².